The molecule has 1 aromatic heterocycles. The maximum Gasteiger partial charge on any atom is 0.330 e. The Kier molecular flexibility index (Phi) is 6.38. The number of aromatic nitrogens is 2. The Morgan fingerprint density at radius 3 is 2.86 bits per heavy atom. The fourth-order valence-electron chi connectivity index (χ4n) is 3.17. The molecule has 2 heterocycles. The summed E-state index contributed by atoms with van der Waals surface area (Å²) in [5, 5.41) is 5.43. The van der Waals surface area contributed by atoms with Crippen LogP contribution in [-0.2, 0) is 14.3 Å². The van der Waals surface area contributed by atoms with E-state index in [9.17, 15) is 19.2 Å². The number of esters is 1. The molecule has 9 nitrogen and oxygen atoms in total. The number of nitrogens with zero attached hydrogens (tertiary/aromatic N) is 1. The van der Waals surface area contributed by atoms with Gasteiger partial charge in [-0.25, -0.2) is 9.78 Å². The molecule has 1 saturated heterocycles. The van der Waals surface area contributed by atoms with Gasteiger partial charge >= 0.3 is 5.97 Å². The van der Waals surface area contributed by atoms with Gasteiger partial charge in [-0.2, -0.15) is 0 Å². The predicted molar refractivity (Wildman–Crippen MR) is 105 cm³/mol. The summed E-state index contributed by atoms with van der Waals surface area (Å²) < 4.78 is 4.86. The molecule has 29 heavy (non-hydrogen) atoms. The van der Waals surface area contributed by atoms with E-state index in [4.69, 9.17) is 4.74 Å². The molecule has 1 fully saturated rings. The third kappa shape index (κ3) is 5.07. The zero-order valence-electron chi connectivity index (χ0n) is 15.9. The molecule has 0 unspecified atom stereocenters. The largest absolute Gasteiger partial charge is 0.463 e. The van der Waals surface area contributed by atoms with Crippen LogP contribution in [0.4, 0.5) is 0 Å². The van der Waals surface area contributed by atoms with Crippen LogP contribution in [-0.4, -0.2) is 46.9 Å². The van der Waals surface area contributed by atoms with Gasteiger partial charge in [0, 0.05) is 24.6 Å². The lowest BCUT2D eigenvalue weighted by Gasteiger charge is -2.17. The van der Waals surface area contributed by atoms with Gasteiger partial charge in [0.05, 0.1) is 17.6 Å². The molecule has 9 heteroatoms. The van der Waals surface area contributed by atoms with Crippen molar-refractivity contribution in [2.75, 3.05) is 13.2 Å². The van der Waals surface area contributed by atoms with Crippen LogP contribution in [0.5, 0.6) is 0 Å². The van der Waals surface area contributed by atoms with Crippen molar-refractivity contribution in [2.45, 2.75) is 25.8 Å². The quantitative estimate of drug-likeness (QED) is 0.464. The Labute approximate surface area is 166 Å². The number of carbonyl (C=O) groups is 3. The molecule has 3 rings (SSSR count). The summed E-state index contributed by atoms with van der Waals surface area (Å²) >= 11 is 0. The van der Waals surface area contributed by atoms with E-state index in [1.165, 1.54) is 12.2 Å². The van der Waals surface area contributed by atoms with Crippen molar-refractivity contribution in [3.63, 3.8) is 0 Å². The normalized spacial score (nSPS) is 17.3. The van der Waals surface area contributed by atoms with Gasteiger partial charge in [0.15, 0.2) is 5.69 Å². The number of hydrogen-bond acceptors (Lipinski definition) is 6. The summed E-state index contributed by atoms with van der Waals surface area (Å²) in [7, 11) is 0. The van der Waals surface area contributed by atoms with E-state index in [0.29, 0.717) is 30.4 Å². The number of amides is 2. The SMILES string of the molecule is CCOC(=O)C=C[C@H](C[C@@H]1CCNC1=O)NC(=O)c1nc2ccccc2[nH]c1=O. The third-order valence-corrected chi connectivity index (χ3v) is 4.58. The summed E-state index contributed by atoms with van der Waals surface area (Å²) in [6.45, 7) is 2.48. The molecule has 1 aromatic carbocycles. The van der Waals surface area contributed by atoms with Crippen molar-refractivity contribution in [3.05, 3.63) is 52.5 Å². The molecule has 152 valence electrons. The van der Waals surface area contributed by atoms with Gasteiger partial charge in [-0.3, -0.25) is 14.4 Å². The minimum Gasteiger partial charge on any atom is -0.463 e. The van der Waals surface area contributed by atoms with E-state index in [2.05, 4.69) is 20.6 Å². The van der Waals surface area contributed by atoms with Crippen molar-refractivity contribution in [2.24, 2.45) is 5.92 Å². The number of para-hydroxylation sites is 2. The molecule has 2 atom stereocenters. The average molecular weight is 398 g/mol. The van der Waals surface area contributed by atoms with Crippen molar-refractivity contribution in [3.8, 4) is 0 Å². The molecule has 1 aliphatic rings. The Morgan fingerprint density at radius 2 is 2.14 bits per heavy atom. The highest BCUT2D eigenvalue weighted by Gasteiger charge is 2.28. The van der Waals surface area contributed by atoms with E-state index >= 15 is 0 Å². The lowest BCUT2D eigenvalue weighted by molar-refractivity contribution is -0.137. The molecular formula is C20H22N4O5. The van der Waals surface area contributed by atoms with Crippen molar-refractivity contribution >= 4 is 28.8 Å². The van der Waals surface area contributed by atoms with Crippen LogP contribution >= 0.6 is 0 Å². The summed E-state index contributed by atoms with van der Waals surface area (Å²) in [5.74, 6) is -1.64. The number of H-pyrrole nitrogens is 1. The second-order valence-corrected chi connectivity index (χ2v) is 6.64. The van der Waals surface area contributed by atoms with Gasteiger partial charge < -0.3 is 20.4 Å². The second kappa shape index (κ2) is 9.13. The standard InChI is InChI=1S/C20H22N4O5/c1-2-29-16(25)8-7-13(11-12-9-10-21-18(12)26)22-19(27)17-20(28)24-15-6-4-3-5-14(15)23-17/h3-8,12-13H,2,9-11H2,1H3,(H,21,26)(H,22,27)(H,24,28)/t12-,13+/m0/s1. The van der Waals surface area contributed by atoms with Gasteiger partial charge in [-0.05, 0) is 31.9 Å². The Bertz CT molecular complexity index is 1010. The maximum atomic E-state index is 12.7. The van der Waals surface area contributed by atoms with E-state index in [-0.39, 0.29) is 24.1 Å². The van der Waals surface area contributed by atoms with Crippen LogP contribution in [0.3, 0.4) is 0 Å². The highest BCUT2D eigenvalue weighted by atomic mass is 16.5. The zero-order chi connectivity index (χ0) is 20.8. The van der Waals surface area contributed by atoms with E-state index in [0.717, 1.165) is 0 Å². The van der Waals surface area contributed by atoms with E-state index in [1.54, 1.807) is 31.2 Å². The fourth-order valence-corrected chi connectivity index (χ4v) is 3.17. The lowest BCUT2D eigenvalue weighted by Crippen LogP contribution is -2.39. The molecule has 0 spiro atoms. The summed E-state index contributed by atoms with van der Waals surface area (Å²) in [6.07, 6.45) is 3.60. The van der Waals surface area contributed by atoms with Gasteiger partial charge in [0.2, 0.25) is 5.91 Å². The van der Waals surface area contributed by atoms with Crippen LogP contribution in [0.25, 0.3) is 11.0 Å². The van der Waals surface area contributed by atoms with Crippen LogP contribution in [0, 0.1) is 5.92 Å². The highest BCUT2D eigenvalue weighted by molar-refractivity contribution is 5.94. The Balaban J connectivity index is 1.81. The number of carbonyl (C=O) groups excluding carboxylic acids is 3. The first-order chi connectivity index (χ1) is 14.0. The minimum atomic E-state index is -0.686. The summed E-state index contributed by atoms with van der Waals surface area (Å²) in [5.41, 5.74) is 0.100. The lowest BCUT2D eigenvalue weighted by atomic mass is 9.98. The van der Waals surface area contributed by atoms with Crippen LogP contribution in [0.2, 0.25) is 0 Å². The number of aromatic amines is 1. The molecule has 0 bridgehead atoms. The first kappa shape index (κ1) is 20.2. The minimum absolute atomic E-state index is 0.101. The number of ether oxygens (including phenoxy) is 1. The molecule has 2 amide bonds. The molecule has 2 aromatic rings. The monoisotopic (exact) mass is 398 g/mol. The predicted octanol–water partition coefficient (Wildman–Crippen LogP) is 0.667. The Hall–Kier alpha value is -3.49. The third-order valence-electron chi connectivity index (χ3n) is 4.58. The number of nitrogens with one attached hydrogen (secondary N) is 3. The second-order valence-electron chi connectivity index (χ2n) is 6.64. The van der Waals surface area contributed by atoms with Gasteiger partial charge in [-0.1, -0.05) is 18.2 Å². The number of hydrogen-bond donors (Lipinski definition) is 3. The molecular weight excluding hydrogens is 376 g/mol. The molecule has 0 aliphatic carbocycles. The van der Waals surface area contributed by atoms with Crippen LogP contribution in [0.15, 0.2) is 41.2 Å². The Morgan fingerprint density at radius 1 is 1.34 bits per heavy atom. The molecule has 1 aliphatic heterocycles. The summed E-state index contributed by atoms with van der Waals surface area (Å²) in [6, 6.07) is 6.23. The summed E-state index contributed by atoms with van der Waals surface area (Å²) in [4.78, 5) is 55.3. The number of rotatable bonds is 7. The van der Waals surface area contributed by atoms with Crippen molar-refractivity contribution in [1.82, 2.24) is 20.6 Å². The maximum absolute atomic E-state index is 12.7. The topological polar surface area (TPSA) is 130 Å². The van der Waals surface area contributed by atoms with Gasteiger partial charge in [0.1, 0.15) is 0 Å². The fraction of sp³-hybridized carbons (Fsp3) is 0.350. The van der Waals surface area contributed by atoms with Gasteiger partial charge in [0.25, 0.3) is 11.5 Å². The zero-order valence-corrected chi connectivity index (χ0v) is 15.9. The van der Waals surface area contributed by atoms with Crippen LogP contribution in [0.1, 0.15) is 30.3 Å². The van der Waals surface area contributed by atoms with Crippen molar-refractivity contribution < 1.29 is 19.1 Å². The van der Waals surface area contributed by atoms with Gasteiger partial charge in [-0.15, -0.1) is 0 Å². The first-order valence-electron chi connectivity index (χ1n) is 9.40. The van der Waals surface area contributed by atoms with Crippen LogP contribution < -0.4 is 16.2 Å². The molecule has 0 saturated carbocycles. The molecule has 0 radical (unpaired) electrons. The first-order valence-corrected chi connectivity index (χ1v) is 9.40. The van der Waals surface area contributed by atoms with E-state index in [1.807, 2.05) is 0 Å². The molecule has 3 N–H and O–H groups in total. The average Bonchev–Trinajstić information content (AvgIpc) is 3.10. The van der Waals surface area contributed by atoms with E-state index < -0.39 is 23.5 Å². The smallest absolute Gasteiger partial charge is 0.330 e. The number of benzene rings is 1. The number of fused-ring (bicyclic) bond motifs is 1. The highest BCUT2D eigenvalue weighted by Crippen LogP contribution is 2.17. The van der Waals surface area contributed by atoms with Crippen molar-refractivity contribution in [1.29, 1.82) is 0 Å².